The van der Waals surface area contributed by atoms with Crippen molar-refractivity contribution >= 4 is 0 Å². The summed E-state index contributed by atoms with van der Waals surface area (Å²) in [4.78, 5) is 0. The van der Waals surface area contributed by atoms with Gasteiger partial charge in [0.05, 0.1) is 23.9 Å². The number of hydrogen-bond acceptors (Lipinski definition) is 3. The van der Waals surface area contributed by atoms with Crippen molar-refractivity contribution in [1.82, 2.24) is 5.32 Å². The van der Waals surface area contributed by atoms with Gasteiger partial charge in [-0.3, -0.25) is 0 Å². The van der Waals surface area contributed by atoms with Crippen molar-refractivity contribution < 1.29 is 9.47 Å². The van der Waals surface area contributed by atoms with Gasteiger partial charge in [0.25, 0.3) is 0 Å². The van der Waals surface area contributed by atoms with E-state index in [1.165, 1.54) is 38.5 Å². The highest BCUT2D eigenvalue weighted by Crippen LogP contribution is 2.34. The largest absolute Gasteiger partial charge is 0.375 e. The molecule has 21 heavy (non-hydrogen) atoms. The van der Waals surface area contributed by atoms with Crippen molar-refractivity contribution in [1.29, 1.82) is 0 Å². The minimum absolute atomic E-state index is 0.0578. The molecule has 2 fully saturated rings. The van der Waals surface area contributed by atoms with E-state index < -0.39 is 0 Å². The molecule has 1 aliphatic carbocycles. The summed E-state index contributed by atoms with van der Waals surface area (Å²) < 4.78 is 12.6. The highest BCUT2D eigenvalue weighted by atomic mass is 16.5. The van der Waals surface area contributed by atoms with Gasteiger partial charge in [-0.05, 0) is 39.5 Å². The molecule has 0 radical (unpaired) electrons. The van der Waals surface area contributed by atoms with E-state index in [0.29, 0.717) is 24.4 Å². The second kappa shape index (κ2) is 7.94. The van der Waals surface area contributed by atoms with Crippen molar-refractivity contribution in [3.05, 3.63) is 0 Å². The van der Waals surface area contributed by atoms with Crippen molar-refractivity contribution in [2.45, 2.75) is 109 Å². The maximum Gasteiger partial charge on any atom is 0.0810 e. The average Bonchev–Trinajstić information content (AvgIpc) is 2.61. The van der Waals surface area contributed by atoms with E-state index in [1.807, 2.05) is 0 Å². The summed E-state index contributed by atoms with van der Waals surface area (Å²) in [6.07, 6.45) is 10.9. The van der Waals surface area contributed by atoms with Gasteiger partial charge in [0.1, 0.15) is 0 Å². The molecule has 3 heteroatoms. The summed E-state index contributed by atoms with van der Waals surface area (Å²) in [5.41, 5.74) is 0.0578. The molecule has 2 aliphatic rings. The predicted octanol–water partition coefficient (Wildman–Crippen LogP) is 4.05. The summed E-state index contributed by atoms with van der Waals surface area (Å²) in [5.74, 6) is 0. The lowest BCUT2D eigenvalue weighted by Gasteiger charge is -2.41. The van der Waals surface area contributed by atoms with Gasteiger partial charge in [-0.1, -0.05) is 39.5 Å². The normalized spacial score (nSPS) is 33.9. The fraction of sp³-hybridized carbons (Fsp3) is 1.00. The first-order valence-electron chi connectivity index (χ1n) is 9.06. The Labute approximate surface area is 131 Å². The van der Waals surface area contributed by atoms with Crippen molar-refractivity contribution in [3.63, 3.8) is 0 Å². The second-order valence-corrected chi connectivity index (χ2v) is 7.60. The van der Waals surface area contributed by atoms with Gasteiger partial charge >= 0.3 is 0 Å². The van der Waals surface area contributed by atoms with Crippen LogP contribution in [0.2, 0.25) is 0 Å². The summed E-state index contributed by atoms with van der Waals surface area (Å²) in [7, 11) is 0. The van der Waals surface area contributed by atoms with E-state index in [4.69, 9.17) is 9.47 Å². The van der Waals surface area contributed by atoms with Gasteiger partial charge < -0.3 is 14.8 Å². The Morgan fingerprint density at radius 2 is 1.62 bits per heavy atom. The van der Waals surface area contributed by atoms with Crippen LogP contribution in [0.4, 0.5) is 0 Å². The Morgan fingerprint density at radius 3 is 2.14 bits per heavy atom. The molecule has 1 heterocycles. The molecule has 1 saturated carbocycles. The average molecular weight is 297 g/mol. The molecular weight excluding hydrogens is 262 g/mol. The summed E-state index contributed by atoms with van der Waals surface area (Å²) in [5, 5.41) is 3.64. The molecular formula is C18H35NO2. The Kier molecular flexibility index (Phi) is 6.51. The Morgan fingerprint density at radius 1 is 1.05 bits per heavy atom. The fourth-order valence-electron chi connectivity index (χ4n) is 3.89. The van der Waals surface area contributed by atoms with Crippen LogP contribution in [0.3, 0.4) is 0 Å². The molecule has 0 amide bonds. The predicted molar refractivity (Wildman–Crippen MR) is 87.7 cm³/mol. The highest BCUT2D eigenvalue weighted by Gasteiger charge is 2.37. The molecule has 2 atom stereocenters. The topological polar surface area (TPSA) is 30.5 Å². The Bertz CT molecular complexity index is 288. The maximum absolute atomic E-state index is 6.75. The van der Waals surface area contributed by atoms with E-state index in [-0.39, 0.29) is 5.60 Å². The Hall–Kier alpha value is -0.120. The lowest BCUT2D eigenvalue weighted by Crippen LogP contribution is -2.49. The number of nitrogens with one attached hydrogen (secondary N) is 1. The van der Waals surface area contributed by atoms with Gasteiger partial charge in [0.15, 0.2) is 0 Å². The van der Waals surface area contributed by atoms with Crippen molar-refractivity contribution in [2.24, 2.45) is 0 Å². The quantitative estimate of drug-likeness (QED) is 0.777. The number of rotatable bonds is 5. The lowest BCUT2D eigenvalue weighted by atomic mass is 9.92. The van der Waals surface area contributed by atoms with Crippen molar-refractivity contribution in [2.75, 3.05) is 6.54 Å². The lowest BCUT2D eigenvalue weighted by molar-refractivity contribution is -0.161. The molecule has 1 N–H and O–H groups in total. The molecule has 0 bridgehead atoms. The summed E-state index contributed by atoms with van der Waals surface area (Å²) in [6, 6.07) is 0.529. The summed E-state index contributed by atoms with van der Waals surface area (Å²) >= 11 is 0. The minimum atomic E-state index is 0.0578. The van der Waals surface area contributed by atoms with Gasteiger partial charge in [0, 0.05) is 12.6 Å². The molecule has 3 nitrogen and oxygen atoms in total. The van der Waals surface area contributed by atoms with E-state index in [2.05, 4.69) is 33.0 Å². The SMILES string of the molecule is CC(C)NCC1(OC2CC(C)OC(C)C2)CCCCCC1. The van der Waals surface area contributed by atoms with Crippen LogP contribution >= 0.6 is 0 Å². The third kappa shape index (κ3) is 5.54. The molecule has 2 unspecified atom stereocenters. The highest BCUT2D eigenvalue weighted by molar-refractivity contribution is 4.89. The Balaban J connectivity index is 2.00. The zero-order chi connectivity index (χ0) is 15.3. The van der Waals surface area contributed by atoms with Gasteiger partial charge in [-0.25, -0.2) is 0 Å². The van der Waals surface area contributed by atoms with Crippen LogP contribution in [-0.2, 0) is 9.47 Å². The number of ether oxygens (including phenoxy) is 2. The smallest absolute Gasteiger partial charge is 0.0810 e. The molecule has 1 aliphatic heterocycles. The van der Waals surface area contributed by atoms with Crippen LogP contribution < -0.4 is 5.32 Å². The summed E-state index contributed by atoms with van der Waals surface area (Å²) in [6.45, 7) is 9.81. The molecule has 0 spiro atoms. The molecule has 0 aromatic heterocycles. The van der Waals surface area contributed by atoms with Crippen LogP contribution in [-0.4, -0.2) is 36.5 Å². The van der Waals surface area contributed by atoms with Gasteiger partial charge in [-0.15, -0.1) is 0 Å². The van der Waals surface area contributed by atoms with Crippen LogP contribution in [0.25, 0.3) is 0 Å². The zero-order valence-electron chi connectivity index (χ0n) is 14.5. The second-order valence-electron chi connectivity index (χ2n) is 7.60. The van der Waals surface area contributed by atoms with Crippen molar-refractivity contribution in [3.8, 4) is 0 Å². The molecule has 2 rings (SSSR count). The molecule has 1 saturated heterocycles. The first-order chi connectivity index (χ1) is 9.99. The third-order valence-corrected chi connectivity index (χ3v) is 4.92. The van der Waals surface area contributed by atoms with E-state index in [1.54, 1.807) is 0 Å². The van der Waals surface area contributed by atoms with E-state index in [9.17, 15) is 0 Å². The zero-order valence-corrected chi connectivity index (χ0v) is 14.5. The van der Waals surface area contributed by atoms with Crippen LogP contribution in [0.1, 0.15) is 79.1 Å². The van der Waals surface area contributed by atoms with E-state index in [0.717, 1.165) is 19.4 Å². The maximum atomic E-state index is 6.75. The van der Waals surface area contributed by atoms with E-state index >= 15 is 0 Å². The van der Waals surface area contributed by atoms with Crippen LogP contribution in [0.5, 0.6) is 0 Å². The van der Waals surface area contributed by atoms with Gasteiger partial charge in [0.2, 0.25) is 0 Å². The monoisotopic (exact) mass is 297 g/mol. The number of hydrogen-bond donors (Lipinski definition) is 1. The van der Waals surface area contributed by atoms with Gasteiger partial charge in [-0.2, -0.15) is 0 Å². The molecule has 0 aromatic carbocycles. The first kappa shape index (κ1) is 17.2. The van der Waals surface area contributed by atoms with Crippen LogP contribution in [0.15, 0.2) is 0 Å². The standard InChI is InChI=1S/C18H35NO2/c1-14(2)19-13-18(9-7-5-6-8-10-18)21-17-11-15(3)20-16(4)12-17/h14-17,19H,5-13H2,1-4H3. The molecule has 124 valence electrons. The molecule has 0 aromatic rings. The first-order valence-corrected chi connectivity index (χ1v) is 9.06. The third-order valence-electron chi connectivity index (χ3n) is 4.92. The minimum Gasteiger partial charge on any atom is -0.375 e. The van der Waals surface area contributed by atoms with Crippen LogP contribution in [0, 0.1) is 0 Å². The fourth-order valence-corrected chi connectivity index (χ4v) is 3.89.